The van der Waals surface area contributed by atoms with E-state index in [2.05, 4.69) is 15.6 Å². The van der Waals surface area contributed by atoms with E-state index in [9.17, 15) is 14.0 Å². The standard InChI is InChI=1S/C16H18FN3O2S/c1-10(19-11(2)21)16-20-14(9-23-16)15(22)18-8-7-12-3-5-13(17)6-4-12/h3-6,9-10H,7-8H2,1-2H3,(H,18,22)(H,19,21). The van der Waals surface area contributed by atoms with Gasteiger partial charge in [-0.1, -0.05) is 12.1 Å². The summed E-state index contributed by atoms with van der Waals surface area (Å²) in [4.78, 5) is 27.3. The highest BCUT2D eigenvalue weighted by molar-refractivity contribution is 7.09. The second kappa shape index (κ2) is 7.82. The quantitative estimate of drug-likeness (QED) is 0.852. The van der Waals surface area contributed by atoms with E-state index in [1.165, 1.54) is 30.4 Å². The number of rotatable bonds is 6. The van der Waals surface area contributed by atoms with Crippen molar-refractivity contribution in [2.24, 2.45) is 0 Å². The Morgan fingerprint density at radius 2 is 2.00 bits per heavy atom. The Morgan fingerprint density at radius 3 is 2.65 bits per heavy atom. The number of carbonyl (C=O) groups is 2. The first-order chi connectivity index (χ1) is 11.0. The number of hydrogen-bond acceptors (Lipinski definition) is 4. The summed E-state index contributed by atoms with van der Waals surface area (Å²) >= 11 is 1.33. The molecule has 0 radical (unpaired) electrons. The lowest BCUT2D eigenvalue weighted by Gasteiger charge is -2.08. The van der Waals surface area contributed by atoms with Crippen molar-refractivity contribution in [3.63, 3.8) is 0 Å². The lowest BCUT2D eigenvalue weighted by molar-refractivity contribution is -0.119. The number of nitrogens with zero attached hydrogens (tertiary/aromatic N) is 1. The van der Waals surface area contributed by atoms with Crippen LogP contribution in [0.4, 0.5) is 4.39 Å². The lowest BCUT2D eigenvalue weighted by atomic mass is 10.1. The molecule has 1 aromatic heterocycles. The van der Waals surface area contributed by atoms with Crippen molar-refractivity contribution in [1.82, 2.24) is 15.6 Å². The molecule has 1 heterocycles. The Morgan fingerprint density at radius 1 is 1.30 bits per heavy atom. The number of carbonyl (C=O) groups excluding carboxylic acids is 2. The number of amides is 2. The van der Waals surface area contributed by atoms with E-state index in [0.717, 1.165) is 5.56 Å². The van der Waals surface area contributed by atoms with Gasteiger partial charge in [-0.05, 0) is 31.0 Å². The molecule has 0 saturated heterocycles. The molecule has 0 fully saturated rings. The fourth-order valence-corrected chi connectivity index (χ4v) is 2.83. The molecule has 1 aromatic carbocycles. The van der Waals surface area contributed by atoms with Gasteiger partial charge in [0.2, 0.25) is 5.91 Å². The zero-order chi connectivity index (χ0) is 16.8. The third-order valence-electron chi connectivity index (χ3n) is 3.16. The Bertz CT molecular complexity index is 685. The summed E-state index contributed by atoms with van der Waals surface area (Å²) in [6.45, 7) is 3.70. The molecule has 1 atom stereocenters. The van der Waals surface area contributed by atoms with Gasteiger partial charge in [0.1, 0.15) is 16.5 Å². The SMILES string of the molecule is CC(=O)NC(C)c1nc(C(=O)NCCc2ccc(F)cc2)cs1. The van der Waals surface area contributed by atoms with Crippen LogP contribution >= 0.6 is 11.3 Å². The monoisotopic (exact) mass is 335 g/mol. The molecule has 2 N–H and O–H groups in total. The number of thiazole rings is 1. The number of hydrogen-bond donors (Lipinski definition) is 2. The summed E-state index contributed by atoms with van der Waals surface area (Å²) in [5.74, 6) is -0.677. The highest BCUT2D eigenvalue weighted by atomic mass is 32.1. The van der Waals surface area contributed by atoms with Crippen LogP contribution in [0, 0.1) is 5.82 Å². The molecule has 0 aliphatic carbocycles. The van der Waals surface area contributed by atoms with Crippen LogP contribution in [0.2, 0.25) is 0 Å². The van der Waals surface area contributed by atoms with Gasteiger partial charge in [0, 0.05) is 18.8 Å². The first-order valence-electron chi connectivity index (χ1n) is 7.21. The third-order valence-corrected chi connectivity index (χ3v) is 4.18. The molecule has 0 aliphatic rings. The summed E-state index contributed by atoms with van der Waals surface area (Å²) in [5.41, 5.74) is 1.28. The van der Waals surface area contributed by atoms with Crippen LogP contribution in [0.25, 0.3) is 0 Å². The normalized spacial score (nSPS) is 11.8. The van der Waals surface area contributed by atoms with Crippen molar-refractivity contribution < 1.29 is 14.0 Å². The minimum absolute atomic E-state index is 0.141. The zero-order valence-corrected chi connectivity index (χ0v) is 13.7. The van der Waals surface area contributed by atoms with Gasteiger partial charge in [0.05, 0.1) is 6.04 Å². The summed E-state index contributed by atoms with van der Waals surface area (Å²) in [6, 6.07) is 5.95. The largest absolute Gasteiger partial charge is 0.350 e. The van der Waals surface area contributed by atoms with Crippen LogP contribution in [-0.2, 0) is 11.2 Å². The molecule has 0 spiro atoms. The fourth-order valence-electron chi connectivity index (χ4n) is 2.02. The predicted molar refractivity (Wildman–Crippen MR) is 86.8 cm³/mol. The van der Waals surface area contributed by atoms with Crippen LogP contribution in [0.1, 0.15) is 40.9 Å². The minimum Gasteiger partial charge on any atom is -0.350 e. The maximum Gasteiger partial charge on any atom is 0.270 e. The van der Waals surface area contributed by atoms with E-state index in [0.29, 0.717) is 23.7 Å². The predicted octanol–water partition coefficient (Wildman–Crippen LogP) is 2.45. The Hall–Kier alpha value is -2.28. The van der Waals surface area contributed by atoms with Crippen molar-refractivity contribution in [2.45, 2.75) is 26.3 Å². The van der Waals surface area contributed by atoms with Crippen LogP contribution in [0.3, 0.4) is 0 Å². The van der Waals surface area contributed by atoms with Crippen molar-refractivity contribution in [2.75, 3.05) is 6.54 Å². The molecule has 2 rings (SSSR count). The highest BCUT2D eigenvalue weighted by Gasteiger charge is 2.15. The smallest absolute Gasteiger partial charge is 0.270 e. The van der Waals surface area contributed by atoms with E-state index < -0.39 is 0 Å². The van der Waals surface area contributed by atoms with Crippen LogP contribution in [-0.4, -0.2) is 23.3 Å². The van der Waals surface area contributed by atoms with Gasteiger partial charge in [-0.15, -0.1) is 11.3 Å². The maximum atomic E-state index is 12.8. The Balaban J connectivity index is 1.85. The van der Waals surface area contributed by atoms with E-state index in [1.54, 1.807) is 17.5 Å². The molecule has 5 nitrogen and oxygen atoms in total. The highest BCUT2D eigenvalue weighted by Crippen LogP contribution is 2.17. The fraction of sp³-hybridized carbons (Fsp3) is 0.312. The van der Waals surface area contributed by atoms with E-state index in [-0.39, 0.29) is 23.7 Å². The average molecular weight is 335 g/mol. The van der Waals surface area contributed by atoms with Gasteiger partial charge in [-0.3, -0.25) is 9.59 Å². The minimum atomic E-state index is -0.277. The number of nitrogens with one attached hydrogen (secondary N) is 2. The van der Waals surface area contributed by atoms with Crippen LogP contribution in [0.5, 0.6) is 0 Å². The molecular weight excluding hydrogens is 317 g/mol. The summed E-state index contributed by atoms with van der Waals surface area (Å²) in [6.07, 6.45) is 0.616. The van der Waals surface area contributed by atoms with Crippen molar-refractivity contribution in [3.05, 3.63) is 51.7 Å². The van der Waals surface area contributed by atoms with E-state index >= 15 is 0 Å². The molecule has 122 valence electrons. The lowest BCUT2D eigenvalue weighted by Crippen LogP contribution is -2.26. The molecule has 1 unspecified atom stereocenters. The zero-order valence-electron chi connectivity index (χ0n) is 12.9. The van der Waals surface area contributed by atoms with Crippen molar-refractivity contribution in [1.29, 1.82) is 0 Å². The van der Waals surface area contributed by atoms with Gasteiger partial charge >= 0.3 is 0 Å². The van der Waals surface area contributed by atoms with Gasteiger partial charge < -0.3 is 10.6 Å². The van der Waals surface area contributed by atoms with Gasteiger partial charge in [0.25, 0.3) is 5.91 Å². The topological polar surface area (TPSA) is 71.1 Å². The summed E-state index contributed by atoms with van der Waals surface area (Å²) in [7, 11) is 0. The van der Waals surface area contributed by atoms with Gasteiger partial charge in [-0.2, -0.15) is 0 Å². The van der Waals surface area contributed by atoms with Gasteiger partial charge in [0.15, 0.2) is 0 Å². The molecular formula is C16H18FN3O2S. The maximum absolute atomic E-state index is 12.8. The molecule has 0 aliphatic heterocycles. The second-order valence-electron chi connectivity index (χ2n) is 5.13. The van der Waals surface area contributed by atoms with Crippen LogP contribution < -0.4 is 10.6 Å². The first-order valence-corrected chi connectivity index (χ1v) is 8.09. The van der Waals surface area contributed by atoms with Crippen molar-refractivity contribution in [3.8, 4) is 0 Å². The number of aromatic nitrogens is 1. The second-order valence-corrected chi connectivity index (χ2v) is 6.02. The molecule has 23 heavy (non-hydrogen) atoms. The molecule has 0 saturated carbocycles. The number of halogens is 1. The Labute approximate surface area is 137 Å². The molecule has 0 bridgehead atoms. The molecule has 7 heteroatoms. The number of benzene rings is 1. The molecule has 2 aromatic rings. The van der Waals surface area contributed by atoms with E-state index in [4.69, 9.17) is 0 Å². The average Bonchev–Trinajstić information content (AvgIpc) is 2.98. The van der Waals surface area contributed by atoms with Crippen LogP contribution in [0.15, 0.2) is 29.6 Å². The van der Waals surface area contributed by atoms with Gasteiger partial charge in [-0.25, -0.2) is 9.37 Å². The molecule has 2 amide bonds. The summed E-state index contributed by atoms with van der Waals surface area (Å²) in [5, 5.41) is 7.86. The summed E-state index contributed by atoms with van der Waals surface area (Å²) < 4.78 is 12.8. The van der Waals surface area contributed by atoms with E-state index in [1.807, 2.05) is 6.92 Å². The van der Waals surface area contributed by atoms with Crippen molar-refractivity contribution >= 4 is 23.2 Å². The Kier molecular flexibility index (Phi) is 5.81. The third kappa shape index (κ3) is 5.14. The first kappa shape index (κ1) is 17.1.